The summed E-state index contributed by atoms with van der Waals surface area (Å²) in [6.45, 7) is 3.90. The minimum Gasteiger partial charge on any atom is -0.506 e. The van der Waals surface area contributed by atoms with Crippen molar-refractivity contribution in [3.05, 3.63) is 84.4 Å². The second-order valence-electron chi connectivity index (χ2n) is 4.98. The molecule has 0 bridgehead atoms. The summed E-state index contributed by atoms with van der Waals surface area (Å²) in [5.41, 5.74) is 3.13. The van der Waals surface area contributed by atoms with Gasteiger partial charge in [0.05, 0.1) is 17.4 Å². The van der Waals surface area contributed by atoms with Crippen LogP contribution in [0.2, 0.25) is 5.02 Å². The van der Waals surface area contributed by atoms with E-state index in [0.29, 0.717) is 5.02 Å². The Labute approximate surface area is 134 Å². The third-order valence-corrected chi connectivity index (χ3v) is 3.91. The van der Waals surface area contributed by atoms with Crippen molar-refractivity contribution in [2.24, 2.45) is 0 Å². The molecule has 0 fully saturated rings. The van der Waals surface area contributed by atoms with Crippen molar-refractivity contribution in [2.75, 3.05) is 0 Å². The van der Waals surface area contributed by atoms with Gasteiger partial charge in [0.25, 0.3) is 0 Å². The Morgan fingerprint density at radius 3 is 2.45 bits per heavy atom. The number of imidazole rings is 1. The predicted octanol–water partition coefficient (Wildman–Crippen LogP) is 4.68. The van der Waals surface area contributed by atoms with Gasteiger partial charge in [-0.3, -0.25) is 0 Å². The maximum atomic E-state index is 9.49. The first-order valence-electron chi connectivity index (χ1n) is 6.88. The Hall–Kier alpha value is -2.52. The number of rotatable bonds is 4. The monoisotopic (exact) mass is 310 g/mol. The van der Waals surface area contributed by atoms with Crippen molar-refractivity contribution >= 4 is 11.6 Å². The topological polar surface area (TPSA) is 38.0 Å². The largest absolute Gasteiger partial charge is 0.506 e. The molecule has 3 nitrogen and oxygen atoms in total. The molecule has 0 aliphatic rings. The molecular formula is C18H15ClN2O. The van der Waals surface area contributed by atoms with Crippen LogP contribution >= 0.6 is 11.6 Å². The van der Waals surface area contributed by atoms with Crippen molar-refractivity contribution in [2.45, 2.75) is 6.04 Å². The zero-order valence-electron chi connectivity index (χ0n) is 11.9. The summed E-state index contributed by atoms with van der Waals surface area (Å²) in [6, 6.07) is 13.4. The Bertz CT molecular complexity index is 779. The van der Waals surface area contributed by atoms with Crippen LogP contribution in [0, 0.1) is 0 Å². The van der Waals surface area contributed by atoms with Crippen LogP contribution in [-0.4, -0.2) is 14.7 Å². The van der Waals surface area contributed by atoms with E-state index in [9.17, 15) is 5.11 Å². The van der Waals surface area contributed by atoms with Gasteiger partial charge in [0.2, 0.25) is 0 Å². The van der Waals surface area contributed by atoms with Crippen LogP contribution in [-0.2, 0) is 0 Å². The number of hydrogen-bond donors (Lipinski definition) is 1. The highest BCUT2D eigenvalue weighted by Gasteiger charge is 2.09. The van der Waals surface area contributed by atoms with E-state index in [4.69, 9.17) is 11.6 Å². The van der Waals surface area contributed by atoms with Crippen molar-refractivity contribution in [3.8, 4) is 16.9 Å². The quantitative estimate of drug-likeness (QED) is 0.710. The Morgan fingerprint density at radius 2 is 1.86 bits per heavy atom. The van der Waals surface area contributed by atoms with Gasteiger partial charge in [0, 0.05) is 12.4 Å². The lowest BCUT2D eigenvalue weighted by molar-refractivity contribution is 0.475. The summed E-state index contributed by atoms with van der Waals surface area (Å²) in [6.07, 6.45) is 7.33. The Morgan fingerprint density at radius 1 is 1.14 bits per heavy atom. The summed E-state index contributed by atoms with van der Waals surface area (Å²) < 4.78 is 2.00. The maximum absolute atomic E-state index is 9.49. The fourth-order valence-corrected chi connectivity index (χ4v) is 2.60. The summed E-state index contributed by atoms with van der Waals surface area (Å²) in [5.74, 6) is 0.0915. The first-order valence-corrected chi connectivity index (χ1v) is 7.25. The number of halogens is 1. The Kier molecular flexibility index (Phi) is 3.98. The molecule has 0 unspecified atom stereocenters. The molecule has 3 rings (SSSR count). The molecule has 0 aliphatic carbocycles. The average molecular weight is 311 g/mol. The zero-order valence-corrected chi connectivity index (χ0v) is 12.6. The molecule has 1 heterocycles. The second kappa shape index (κ2) is 6.08. The highest BCUT2D eigenvalue weighted by molar-refractivity contribution is 6.32. The van der Waals surface area contributed by atoms with E-state index < -0.39 is 0 Å². The van der Waals surface area contributed by atoms with Crippen LogP contribution in [0.5, 0.6) is 5.75 Å². The number of allylic oxidation sites excluding steroid dienone is 1. The number of hydrogen-bond acceptors (Lipinski definition) is 2. The molecule has 0 spiro atoms. The van der Waals surface area contributed by atoms with Crippen molar-refractivity contribution in [1.82, 2.24) is 9.55 Å². The van der Waals surface area contributed by atoms with Gasteiger partial charge in [0.15, 0.2) is 0 Å². The van der Waals surface area contributed by atoms with Gasteiger partial charge in [-0.05, 0) is 28.8 Å². The van der Waals surface area contributed by atoms with Crippen LogP contribution in [0.4, 0.5) is 0 Å². The normalized spacial score (nSPS) is 12.0. The van der Waals surface area contributed by atoms with Crippen LogP contribution in [0.15, 0.2) is 73.8 Å². The molecule has 110 valence electrons. The van der Waals surface area contributed by atoms with Crippen LogP contribution < -0.4 is 0 Å². The van der Waals surface area contributed by atoms with Gasteiger partial charge < -0.3 is 9.67 Å². The van der Waals surface area contributed by atoms with Crippen LogP contribution in [0.25, 0.3) is 11.1 Å². The minimum atomic E-state index is 0.0555. The number of benzene rings is 2. The highest BCUT2D eigenvalue weighted by Crippen LogP contribution is 2.30. The van der Waals surface area contributed by atoms with E-state index in [1.54, 1.807) is 24.7 Å². The molecule has 4 heteroatoms. The predicted molar refractivity (Wildman–Crippen MR) is 89.1 cm³/mol. The van der Waals surface area contributed by atoms with Crippen molar-refractivity contribution in [3.63, 3.8) is 0 Å². The first-order chi connectivity index (χ1) is 10.7. The van der Waals surface area contributed by atoms with Crippen LogP contribution in [0.1, 0.15) is 11.6 Å². The fourth-order valence-electron chi connectivity index (χ4n) is 2.42. The SMILES string of the molecule is C=C[C@H](c1ccc(-c2ccc(O)c(Cl)c2)cc1)n1ccnc1. The van der Waals surface area contributed by atoms with Gasteiger partial charge in [-0.1, -0.05) is 48.0 Å². The van der Waals surface area contributed by atoms with E-state index in [-0.39, 0.29) is 11.8 Å². The maximum Gasteiger partial charge on any atom is 0.134 e. The molecular weight excluding hydrogens is 296 g/mol. The number of aromatic hydroxyl groups is 1. The molecule has 0 aliphatic heterocycles. The molecule has 22 heavy (non-hydrogen) atoms. The van der Waals surface area contributed by atoms with Crippen molar-refractivity contribution in [1.29, 1.82) is 0 Å². The van der Waals surface area contributed by atoms with Crippen molar-refractivity contribution < 1.29 is 5.11 Å². The van der Waals surface area contributed by atoms with E-state index in [1.807, 2.05) is 35.0 Å². The van der Waals surface area contributed by atoms with Gasteiger partial charge in [-0.15, -0.1) is 6.58 Å². The molecule has 3 aromatic rings. The summed E-state index contributed by atoms with van der Waals surface area (Å²) >= 11 is 5.96. The second-order valence-corrected chi connectivity index (χ2v) is 5.39. The highest BCUT2D eigenvalue weighted by atomic mass is 35.5. The summed E-state index contributed by atoms with van der Waals surface area (Å²) in [5, 5.41) is 9.84. The lowest BCUT2D eigenvalue weighted by Gasteiger charge is -2.15. The van der Waals surface area contributed by atoms with Crippen LogP contribution in [0.3, 0.4) is 0 Å². The molecule has 0 amide bonds. The molecule has 1 N–H and O–H groups in total. The van der Waals surface area contributed by atoms with Gasteiger partial charge in [-0.2, -0.15) is 0 Å². The number of nitrogens with zero attached hydrogens (tertiary/aromatic N) is 2. The standard InChI is InChI=1S/C18H15ClN2O/c1-2-17(21-10-9-20-12-21)14-5-3-13(4-6-14)15-7-8-18(22)16(19)11-15/h2-12,17,22H,1H2/t17-/m1/s1. The third kappa shape index (κ3) is 2.76. The lowest BCUT2D eigenvalue weighted by atomic mass is 10.0. The minimum absolute atomic E-state index is 0.0555. The molecule has 2 aromatic carbocycles. The summed E-state index contributed by atoms with van der Waals surface area (Å²) in [4.78, 5) is 4.08. The number of aromatic nitrogens is 2. The lowest BCUT2D eigenvalue weighted by Crippen LogP contribution is -2.05. The third-order valence-electron chi connectivity index (χ3n) is 3.60. The fraction of sp³-hybridized carbons (Fsp3) is 0.0556. The first kappa shape index (κ1) is 14.4. The molecule has 0 saturated heterocycles. The number of phenolic OH excluding ortho intramolecular Hbond substituents is 1. The van der Waals surface area contributed by atoms with Gasteiger partial charge >= 0.3 is 0 Å². The molecule has 1 aromatic heterocycles. The summed E-state index contributed by atoms with van der Waals surface area (Å²) in [7, 11) is 0. The average Bonchev–Trinajstić information content (AvgIpc) is 3.06. The van der Waals surface area contributed by atoms with E-state index in [0.717, 1.165) is 16.7 Å². The van der Waals surface area contributed by atoms with Gasteiger partial charge in [-0.25, -0.2) is 4.98 Å². The molecule has 0 saturated carbocycles. The van der Waals surface area contributed by atoms with E-state index in [2.05, 4.69) is 23.7 Å². The van der Waals surface area contributed by atoms with E-state index >= 15 is 0 Å². The molecule has 1 atom stereocenters. The molecule has 0 radical (unpaired) electrons. The smallest absolute Gasteiger partial charge is 0.134 e. The van der Waals surface area contributed by atoms with E-state index in [1.165, 1.54) is 0 Å². The zero-order chi connectivity index (χ0) is 15.5. The number of phenols is 1. The Balaban J connectivity index is 1.92. The van der Waals surface area contributed by atoms with Gasteiger partial charge in [0.1, 0.15) is 5.75 Å².